The molecule has 0 saturated carbocycles. The third kappa shape index (κ3) is 3.64. The minimum Gasteiger partial charge on any atom is -0.381 e. The second-order valence-electron chi connectivity index (χ2n) is 5.67. The van der Waals surface area contributed by atoms with Crippen LogP contribution in [-0.4, -0.2) is 53.8 Å². The van der Waals surface area contributed by atoms with E-state index in [-0.39, 0.29) is 0 Å². The Morgan fingerprint density at radius 1 is 1.25 bits per heavy atom. The Bertz CT molecular complexity index is 414. The minimum atomic E-state index is -0.399. The molecule has 20 heavy (non-hydrogen) atoms. The van der Waals surface area contributed by atoms with E-state index in [2.05, 4.69) is 20.2 Å². The number of hydrogen-bond donors (Lipinski definition) is 1. The zero-order chi connectivity index (χ0) is 13.8. The van der Waals surface area contributed by atoms with Crippen molar-refractivity contribution in [3.05, 3.63) is 18.2 Å². The molecular formula is C14H21FN4O. The average molecular weight is 280 g/mol. The molecule has 1 atom stereocenters. The topological polar surface area (TPSA) is 50.3 Å². The molecule has 0 amide bonds. The van der Waals surface area contributed by atoms with Gasteiger partial charge in [0.2, 0.25) is 5.95 Å². The molecule has 1 unspecified atom stereocenters. The normalized spacial score (nSPS) is 24.9. The maximum Gasteiger partial charge on any atom is 0.222 e. The predicted molar refractivity (Wildman–Crippen MR) is 74.0 cm³/mol. The lowest BCUT2D eigenvalue weighted by Gasteiger charge is -2.33. The summed E-state index contributed by atoms with van der Waals surface area (Å²) in [4.78, 5) is 10.4. The van der Waals surface area contributed by atoms with E-state index in [1.54, 1.807) is 0 Å². The second-order valence-corrected chi connectivity index (χ2v) is 5.67. The summed E-state index contributed by atoms with van der Waals surface area (Å²) in [6.45, 7) is 5.18. The molecule has 0 bridgehead atoms. The summed E-state index contributed by atoms with van der Waals surface area (Å²) in [6, 6.07) is 0.386. The van der Waals surface area contributed by atoms with Gasteiger partial charge in [0.25, 0.3) is 0 Å². The zero-order valence-corrected chi connectivity index (χ0v) is 11.6. The van der Waals surface area contributed by atoms with E-state index in [0.29, 0.717) is 17.9 Å². The van der Waals surface area contributed by atoms with Gasteiger partial charge in [-0.3, -0.25) is 0 Å². The number of likely N-dealkylation sites (tertiary alicyclic amines) is 1. The Morgan fingerprint density at radius 3 is 2.65 bits per heavy atom. The van der Waals surface area contributed by atoms with Crippen LogP contribution in [0, 0.1) is 11.7 Å². The second kappa shape index (κ2) is 6.45. The number of halogens is 1. The molecule has 110 valence electrons. The Labute approximate surface area is 118 Å². The lowest BCUT2D eigenvalue weighted by molar-refractivity contribution is 0.154. The van der Waals surface area contributed by atoms with Crippen molar-refractivity contribution in [1.82, 2.24) is 14.9 Å². The van der Waals surface area contributed by atoms with Gasteiger partial charge in [-0.25, -0.2) is 14.4 Å². The van der Waals surface area contributed by atoms with Crippen molar-refractivity contribution in [3.63, 3.8) is 0 Å². The summed E-state index contributed by atoms with van der Waals surface area (Å²) in [5.41, 5.74) is 0. The van der Waals surface area contributed by atoms with Crippen LogP contribution < -0.4 is 5.32 Å². The fourth-order valence-corrected chi connectivity index (χ4v) is 2.92. The van der Waals surface area contributed by atoms with Crippen molar-refractivity contribution in [2.24, 2.45) is 5.92 Å². The lowest BCUT2D eigenvalue weighted by atomic mass is 10.0. The lowest BCUT2D eigenvalue weighted by Crippen LogP contribution is -2.41. The molecule has 0 spiro atoms. The van der Waals surface area contributed by atoms with E-state index in [1.807, 2.05) is 0 Å². The van der Waals surface area contributed by atoms with Crippen LogP contribution in [0.25, 0.3) is 0 Å². The van der Waals surface area contributed by atoms with Crippen molar-refractivity contribution in [3.8, 4) is 0 Å². The summed E-state index contributed by atoms with van der Waals surface area (Å²) in [5, 5.41) is 3.28. The van der Waals surface area contributed by atoms with Gasteiger partial charge in [-0.05, 0) is 25.2 Å². The number of aromatic nitrogens is 2. The third-order valence-corrected chi connectivity index (χ3v) is 4.08. The van der Waals surface area contributed by atoms with Crippen LogP contribution in [-0.2, 0) is 4.74 Å². The molecule has 1 aromatic rings. The van der Waals surface area contributed by atoms with Gasteiger partial charge in [0.1, 0.15) is 0 Å². The van der Waals surface area contributed by atoms with Crippen LogP contribution in [0.4, 0.5) is 10.3 Å². The molecule has 6 heteroatoms. The van der Waals surface area contributed by atoms with E-state index < -0.39 is 5.82 Å². The first kappa shape index (κ1) is 13.7. The van der Waals surface area contributed by atoms with Crippen molar-refractivity contribution >= 4 is 5.95 Å². The molecule has 2 aliphatic heterocycles. The van der Waals surface area contributed by atoms with E-state index in [4.69, 9.17) is 4.74 Å². The van der Waals surface area contributed by atoms with Crippen LogP contribution in [0.3, 0.4) is 0 Å². The van der Waals surface area contributed by atoms with Crippen LogP contribution in [0.5, 0.6) is 0 Å². The van der Waals surface area contributed by atoms with Gasteiger partial charge in [-0.15, -0.1) is 0 Å². The number of nitrogens with one attached hydrogen (secondary N) is 1. The third-order valence-electron chi connectivity index (χ3n) is 4.08. The number of hydrogen-bond acceptors (Lipinski definition) is 5. The summed E-state index contributed by atoms with van der Waals surface area (Å²) >= 11 is 0. The maximum absolute atomic E-state index is 12.7. The molecule has 1 aromatic heterocycles. The zero-order valence-electron chi connectivity index (χ0n) is 11.6. The summed E-state index contributed by atoms with van der Waals surface area (Å²) in [7, 11) is 0. The molecule has 1 N–H and O–H groups in total. The number of rotatable bonds is 4. The number of nitrogens with zero attached hydrogens (tertiary/aromatic N) is 3. The summed E-state index contributed by atoms with van der Waals surface area (Å²) in [5.74, 6) is 0.832. The molecule has 2 fully saturated rings. The predicted octanol–water partition coefficient (Wildman–Crippen LogP) is 1.53. The van der Waals surface area contributed by atoms with E-state index >= 15 is 0 Å². The Hall–Kier alpha value is -1.27. The monoisotopic (exact) mass is 280 g/mol. The highest BCUT2D eigenvalue weighted by atomic mass is 19.1. The molecule has 0 aliphatic carbocycles. The largest absolute Gasteiger partial charge is 0.381 e. The van der Waals surface area contributed by atoms with Crippen LogP contribution in [0.15, 0.2) is 12.4 Å². The number of piperidine rings is 1. The highest BCUT2D eigenvalue weighted by Crippen LogP contribution is 2.19. The van der Waals surface area contributed by atoms with Gasteiger partial charge in [-0.2, -0.15) is 0 Å². The van der Waals surface area contributed by atoms with Crippen LogP contribution in [0.1, 0.15) is 19.3 Å². The highest BCUT2D eigenvalue weighted by Gasteiger charge is 2.24. The Morgan fingerprint density at radius 2 is 2.00 bits per heavy atom. The molecule has 0 radical (unpaired) electrons. The summed E-state index contributed by atoms with van der Waals surface area (Å²) in [6.07, 6.45) is 5.75. The first-order valence-electron chi connectivity index (χ1n) is 7.34. The smallest absolute Gasteiger partial charge is 0.222 e. The maximum atomic E-state index is 12.7. The SMILES string of the molecule is Fc1cnc(NC2CCN(CC3CCOC3)CC2)nc1. The van der Waals surface area contributed by atoms with E-state index in [0.717, 1.165) is 45.7 Å². The van der Waals surface area contributed by atoms with Gasteiger partial charge in [0.05, 0.1) is 19.0 Å². The van der Waals surface area contributed by atoms with Crippen molar-refractivity contribution in [1.29, 1.82) is 0 Å². The molecule has 2 saturated heterocycles. The molecular weight excluding hydrogens is 259 g/mol. The van der Waals surface area contributed by atoms with Gasteiger partial charge < -0.3 is 15.0 Å². The first-order valence-corrected chi connectivity index (χ1v) is 7.34. The summed E-state index contributed by atoms with van der Waals surface area (Å²) < 4.78 is 18.2. The van der Waals surface area contributed by atoms with Crippen LogP contribution >= 0.6 is 0 Å². The molecule has 3 heterocycles. The van der Waals surface area contributed by atoms with Crippen molar-refractivity contribution in [2.75, 3.05) is 38.2 Å². The van der Waals surface area contributed by atoms with Gasteiger partial charge in [0.15, 0.2) is 5.82 Å². The van der Waals surface area contributed by atoms with Gasteiger partial charge >= 0.3 is 0 Å². The van der Waals surface area contributed by atoms with E-state index in [1.165, 1.54) is 18.8 Å². The molecule has 0 aromatic carbocycles. The number of ether oxygens (including phenoxy) is 1. The Balaban J connectivity index is 1.42. The fourth-order valence-electron chi connectivity index (χ4n) is 2.92. The van der Waals surface area contributed by atoms with Gasteiger partial charge in [-0.1, -0.05) is 0 Å². The quantitative estimate of drug-likeness (QED) is 0.906. The van der Waals surface area contributed by atoms with Crippen LogP contribution in [0.2, 0.25) is 0 Å². The van der Waals surface area contributed by atoms with Gasteiger partial charge in [0, 0.05) is 32.3 Å². The first-order chi connectivity index (χ1) is 9.79. The molecule has 3 rings (SSSR count). The molecule has 5 nitrogen and oxygen atoms in total. The number of anilines is 1. The average Bonchev–Trinajstić information content (AvgIpc) is 2.96. The Kier molecular flexibility index (Phi) is 4.42. The fraction of sp³-hybridized carbons (Fsp3) is 0.714. The standard InChI is InChI=1S/C14H21FN4O/c15-12-7-16-14(17-8-12)18-13-1-4-19(5-2-13)9-11-3-6-20-10-11/h7-8,11,13H,1-6,9-10H2,(H,16,17,18). The van der Waals surface area contributed by atoms with E-state index in [9.17, 15) is 4.39 Å². The highest BCUT2D eigenvalue weighted by molar-refractivity contribution is 5.24. The minimum absolute atomic E-state index is 0.386. The molecule has 2 aliphatic rings. The van der Waals surface area contributed by atoms with Crippen molar-refractivity contribution < 1.29 is 9.13 Å². The van der Waals surface area contributed by atoms with Crippen molar-refractivity contribution in [2.45, 2.75) is 25.3 Å².